The molecule has 0 aliphatic rings. The van der Waals surface area contributed by atoms with Gasteiger partial charge in [-0.2, -0.15) is 0 Å². The molecular weight excluding hydrogens is 260 g/mol. The van der Waals surface area contributed by atoms with Gasteiger partial charge in [-0.1, -0.05) is 0 Å². The predicted molar refractivity (Wildman–Crippen MR) is 58.5 cm³/mol. The van der Waals surface area contributed by atoms with E-state index in [2.05, 4.69) is 14.8 Å². The number of halogens is 2. The molecule has 0 bridgehead atoms. The summed E-state index contributed by atoms with van der Waals surface area (Å²) in [5, 5.41) is 12.4. The van der Waals surface area contributed by atoms with Crippen molar-refractivity contribution in [3.8, 4) is 5.69 Å². The molecule has 0 amide bonds. The lowest BCUT2D eigenvalue weighted by Gasteiger charge is -2.06. The van der Waals surface area contributed by atoms with Crippen LogP contribution in [0.5, 0.6) is 0 Å². The second-order valence-electron chi connectivity index (χ2n) is 3.57. The highest BCUT2D eigenvalue weighted by Gasteiger charge is 2.17. The Morgan fingerprint density at radius 1 is 1.42 bits per heavy atom. The summed E-state index contributed by atoms with van der Waals surface area (Å²) < 4.78 is 32.6. The smallest absolute Gasteiger partial charge is 0.377 e. The van der Waals surface area contributed by atoms with Gasteiger partial charge in [-0.3, -0.25) is 0 Å². The Bertz CT molecular complexity index is 604. The summed E-state index contributed by atoms with van der Waals surface area (Å²) in [4.78, 5) is 14.7. The lowest BCUT2D eigenvalue weighted by atomic mass is 10.2. The van der Waals surface area contributed by atoms with Gasteiger partial charge in [0.15, 0.2) is 11.6 Å². The SMILES string of the molecule is COC(=O)c1ncn(-c2c(F)cc(CO)cc2F)n1. The quantitative estimate of drug-likeness (QED) is 0.835. The number of esters is 1. The van der Waals surface area contributed by atoms with Crippen LogP contribution in [0, 0.1) is 11.6 Å². The number of hydrogen-bond acceptors (Lipinski definition) is 5. The zero-order chi connectivity index (χ0) is 14.0. The van der Waals surface area contributed by atoms with E-state index in [4.69, 9.17) is 5.11 Å². The summed E-state index contributed by atoms with van der Waals surface area (Å²) in [6.07, 6.45) is 0.992. The monoisotopic (exact) mass is 269 g/mol. The molecule has 0 unspecified atom stereocenters. The minimum absolute atomic E-state index is 0.0899. The maximum atomic E-state index is 13.7. The molecule has 8 heteroatoms. The molecule has 2 aromatic rings. The minimum Gasteiger partial charge on any atom is -0.463 e. The number of carbonyl (C=O) groups is 1. The summed E-state index contributed by atoms with van der Waals surface area (Å²) in [5.41, 5.74) is -0.396. The van der Waals surface area contributed by atoms with E-state index in [0.717, 1.165) is 30.3 Å². The Morgan fingerprint density at radius 2 is 2.05 bits per heavy atom. The van der Waals surface area contributed by atoms with E-state index in [1.165, 1.54) is 0 Å². The molecule has 0 radical (unpaired) electrons. The number of aliphatic hydroxyl groups excluding tert-OH is 1. The van der Waals surface area contributed by atoms with Crippen molar-refractivity contribution in [1.82, 2.24) is 14.8 Å². The van der Waals surface area contributed by atoms with E-state index in [0.29, 0.717) is 0 Å². The van der Waals surface area contributed by atoms with E-state index >= 15 is 0 Å². The topological polar surface area (TPSA) is 77.2 Å². The van der Waals surface area contributed by atoms with Gasteiger partial charge in [-0.25, -0.2) is 23.2 Å². The van der Waals surface area contributed by atoms with Crippen molar-refractivity contribution in [2.24, 2.45) is 0 Å². The van der Waals surface area contributed by atoms with Crippen LogP contribution in [0.25, 0.3) is 5.69 Å². The number of aliphatic hydroxyl groups is 1. The molecule has 6 nitrogen and oxygen atoms in total. The fourth-order valence-corrected chi connectivity index (χ4v) is 1.48. The lowest BCUT2D eigenvalue weighted by Crippen LogP contribution is -2.07. The van der Waals surface area contributed by atoms with Crippen LogP contribution in [0.4, 0.5) is 8.78 Å². The van der Waals surface area contributed by atoms with Crippen molar-refractivity contribution in [2.45, 2.75) is 6.61 Å². The summed E-state index contributed by atoms with van der Waals surface area (Å²) in [5.74, 6) is -2.98. The molecule has 0 atom stereocenters. The zero-order valence-corrected chi connectivity index (χ0v) is 9.80. The first kappa shape index (κ1) is 13.1. The predicted octanol–water partition coefficient (Wildman–Crippen LogP) is 0.824. The molecule has 19 heavy (non-hydrogen) atoms. The van der Waals surface area contributed by atoms with E-state index in [9.17, 15) is 13.6 Å². The molecule has 0 saturated heterocycles. The summed E-state index contributed by atoms with van der Waals surface area (Å²) in [7, 11) is 1.14. The van der Waals surface area contributed by atoms with Crippen molar-refractivity contribution in [3.63, 3.8) is 0 Å². The summed E-state index contributed by atoms with van der Waals surface area (Å²) >= 11 is 0. The van der Waals surface area contributed by atoms with Crippen molar-refractivity contribution in [1.29, 1.82) is 0 Å². The van der Waals surface area contributed by atoms with Gasteiger partial charge < -0.3 is 9.84 Å². The van der Waals surface area contributed by atoms with Crippen molar-refractivity contribution in [3.05, 3.63) is 41.5 Å². The molecule has 1 heterocycles. The summed E-state index contributed by atoms with van der Waals surface area (Å²) in [6.45, 7) is -0.487. The van der Waals surface area contributed by atoms with Gasteiger partial charge in [-0.15, -0.1) is 5.10 Å². The highest BCUT2D eigenvalue weighted by atomic mass is 19.1. The third-order valence-corrected chi connectivity index (χ3v) is 2.35. The molecule has 0 spiro atoms. The first-order chi connectivity index (χ1) is 9.06. The largest absolute Gasteiger partial charge is 0.463 e. The number of methoxy groups -OCH3 is 1. The molecule has 0 aliphatic heterocycles. The number of aromatic nitrogens is 3. The average Bonchev–Trinajstić information content (AvgIpc) is 2.86. The standard InChI is InChI=1S/C11H9F2N3O3/c1-19-11(18)10-14-5-16(15-10)9-7(12)2-6(4-17)3-8(9)13/h2-3,5,17H,4H2,1H3. The van der Waals surface area contributed by atoms with Crippen LogP contribution < -0.4 is 0 Å². The Kier molecular flexibility index (Phi) is 3.52. The van der Waals surface area contributed by atoms with Crippen molar-refractivity contribution < 1.29 is 23.4 Å². The molecule has 2 rings (SSSR count). The highest BCUT2D eigenvalue weighted by molar-refractivity contribution is 5.84. The minimum atomic E-state index is -0.926. The van der Waals surface area contributed by atoms with Gasteiger partial charge in [-0.05, 0) is 17.7 Å². The van der Waals surface area contributed by atoms with E-state index in [1.807, 2.05) is 0 Å². The van der Waals surface area contributed by atoms with Gasteiger partial charge in [0.2, 0.25) is 0 Å². The van der Waals surface area contributed by atoms with Crippen LogP contribution in [0.1, 0.15) is 16.2 Å². The Labute approximate surface area is 106 Å². The first-order valence-electron chi connectivity index (χ1n) is 5.16. The molecule has 0 aliphatic carbocycles. The normalized spacial score (nSPS) is 10.5. The third-order valence-electron chi connectivity index (χ3n) is 2.35. The third kappa shape index (κ3) is 2.43. The van der Waals surface area contributed by atoms with Crippen LogP contribution >= 0.6 is 0 Å². The van der Waals surface area contributed by atoms with Crippen LogP contribution in [0.15, 0.2) is 18.5 Å². The molecule has 0 fully saturated rings. The number of carbonyl (C=O) groups excluding carboxylic acids is 1. The van der Waals surface area contributed by atoms with E-state index < -0.39 is 29.9 Å². The number of nitrogens with zero attached hydrogens (tertiary/aromatic N) is 3. The number of ether oxygens (including phenoxy) is 1. The van der Waals surface area contributed by atoms with Gasteiger partial charge >= 0.3 is 5.97 Å². The highest BCUT2D eigenvalue weighted by Crippen LogP contribution is 2.19. The lowest BCUT2D eigenvalue weighted by molar-refractivity contribution is 0.0587. The maximum Gasteiger partial charge on any atom is 0.377 e. The van der Waals surface area contributed by atoms with Gasteiger partial charge in [0.05, 0.1) is 13.7 Å². The fraction of sp³-hybridized carbons (Fsp3) is 0.182. The number of benzene rings is 1. The molecule has 100 valence electrons. The molecule has 1 N–H and O–H groups in total. The number of hydrogen-bond donors (Lipinski definition) is 1. The zero-order valence-electron chi connectivity index (χ0n) is 9.80. The van der Waals surface area contributed by atoms with Crippen molar-refractivity contribution >= 4 is 5.97 Å². The van der Waals surface area contributed by atoms with Crippen molar-refractivity contribution in [2.75, 3.05) is 7.11 Å². The summed E-state index contributed by atoms with van der Waals surface area (Å²) in [6, 6.07) is 1.94. The number of rotatable bonds is 3. The molecular formula is C11H9F2N3O3. The second kappa shape index (κ2) is 5.11. The van der Waals surface area contributed by atoms with Gasteiger partial charge in [0, 0.05) is 0 Å². The average molecular weight is 269 g/mol. The molecule has 1 aromatic heterocycles. The van der Waals surface area contributed by atoms with E-state index in [-0.39, 0.29) is 11.4 Å². The van der Waals surface area contributed by atoms with Crippen LogP contribution in [0.3, 0.4) is 0 Å². The maximum absolute atomic E-state index is 13.7. The van der Waals surface area contributed by atoms with E-state index in [1.54, 1.807) is 0 Å². The Balaban J connectivity index is 2.47. The Hall–Kier alpha value is -2.35. The molecule has 0 saturated carbocycles. The van der Waals surface area contributed by atoms with Crippen LogP contribution in [0.2, 0.25) is 0 Å². The first-order valence-corrected chi connectivity index (χ1v) is 5.16. The van der Waals surface area contributed by atoms with Gasteiger partial charge in [0.1, 0.15) is 12.0 Å². The molecule has 1 aromatic carbocycles. The Morgan fingerprint density at radius 3 is 2.58 bits per heavy atom. The fourth-order valence-electron chi connectivity index (χ4n) is 1.48. The van der Waals surface area contributed by atoms with Crippen LogP contribution in [-0.2, 0) is 11.3 Å². The van der Waals surface area contributed by atoms with Gasteiger partial charge in [0.25, 0.3) is 5.82 Å². The van der Waals surface area contributed by atoms with Crippen LogP contribution in [-0.4, -0.2) is 33.0 Å². The second-order valence-corrected chi connectivity index (χ2v) is 3.57.